The maximum Gasteiger partial charge on any atom is 0.205 e. The monoisotopic (exact) mass is 291 g/mol. The van der Waals surface area contributed by atoms with Gasteiger partial charge in [-0.1, -0.05) is 20.8 Å². The van der Waals surface area contributed by atoms with Crippen LogP contribution in [0.25, 0.3) is 10.9 Å². The molecule has 0 atom stereocenters. The van der Waals surface area contributed by atoms with Crippen molar-refractivity contribution in [2.75, 3.05) is 21.3 Å². The number of methoxy groups -OCH3 is 3. The third kappa shape index (κ3) is 2.55. The average Bonchev–Trinajstić information content (AvgIpc) is 2.86. The molecule has 1 heterocycles. The number of H-pyrrole nitrogens is 1. The molecule has 1 aromatic heterocycles. The second-order valence-electron chi connectivity index (χ2n) is 5.87. The summed E-state index contributed by atoms with van der Waals surface area (Å²) in [5.74, 6) is 1.64. The van der Waals surface area contributed by atoms with Gasteiger partial charge in [-0.15, -0.1) is 0 Å². The van der Waals surface area contributed by atoms with Crippen LogP contribution >= 0.6 is 0 Å². The fourth-order valence-corrected chi connectivity index (χ4v) is 2.27. The van der Waals surface area contributed by atoms with Crippen LogP contribution in [0.3, 0.4) is 0 Å². The van der Waals surface area contributed by atoms with Crippen molar-refractivity contribution in [3.05, 3.63) is 17.8 Å². The lowest BCUT2D eigenvalue weighted by Crippen LogP contribution is -2.20. The highest BCUT2D eigenvalue weighted by atomic mass is 16.5. The Labute approximate surface area is 124 Å². The van der Waals surface area contributed by atoms with Gasteiger partial charge >= 0.3 is 0 Å². The molecule has 2 rings (SSSR count). The van der Waals surface area contributed by atoms with E-state index in [0.29, 0.717) is 22.9 Å². The third-order valence-corrected chi connectivity index (χ3v) is 3.35. The maximum absolute atomic E-state index is 12.4. The molecule has 5 heteroatoms. The number of benzene rings is 1. The van der Waals surface area contributed by atoms with Crippen molar-refractivity contribution in [2.24, 2.45) is 5.41 Å². The fourth-order valence-electron chi connectivity index (χ4n) is 2.27. The van der Waals surface area contributed by atoms with Crippen molar-refractivity contribution >= 4 is 16.7 Å². The van der Waals surface area contributed by atoms with Gasteiger partial charge in [0.15, 0.2) is 17.3 Å². The van der Waals surface area contributed by atoms with Crippen LogP contribution in [0.15, 0.2) is 12.1 Å². The number of hydrogen-bond acceptors (Lipinski definition) is 4. The maximum atomic E-state index is 12.4. The number of aromatic nitrogens is 1. The van der Waals surface area contributed by atoms with Gasteiger partial charge in [0.25, 0.3) is 0 Å². The lowest BCUT2D eigenvalue weighted by molar-refractivity contribution is 0.0854. The predicted molar refractivity (Wildman–Crippen MR) is 81.7 cm³/mol. The van der Waals surface area contributed by atoms with Gasteiger partial charge < -0.3 is 19.2 Å². The van der Waals surface area contributed by atoms with E-state index in [9.17, 15) is 4.79 Å². The van der Waals surface area contributed by atoms with Gasteiger partial charge in [0.1, 0.15) is 0 Å². The average molecular weight is 291 g/mol. The summed E-state index contributed by atoms with van der Waals surface area (Å²) in [5.41, 5.74) is 0.816. The molecule has 0 spiro atoms. The summed E-state index contributed by atoms with van der Waals surface area (Å²) in [5, 5.41) is 0.845. The number of nitrogens with one attached hydrogen (secondary N) is 1. The van der Waals surface area contributed by atoms with E-state index in [2.05, 4.69) is 4.98 Å². The van der Waals surface area contributed by atoms with Crippen LogP contribution in [-0.2, 0) is 0 Å². The first-order valence-electron chi connectivity index (χ1n) is 6.70. The Kier molecular flexibility index (Phi) is 3.85. The second kappa shape index (κ2) is 5.31. The van der Waals surface area contributed by atoms with Gasteiger partial charge in [-0.25, -0.2) is 0 Å². The Bertz CT molecular complexity index is 680. The predicted octanol–water partition coefficient (Wildman–Crippen LogP) is 3.42. The van der Waals surface area contributed by atoms with Crippen LogP contribution in [0.1, 0.15) is 31.3 Å². The molecule has 0 fully saturated rings. The number of aromatic amines is 1. The molecule has 0 aliphatic carbocycles. The van der Waals surface area contributed by atoms with E-state index < -0.39 is 5.41 Å². The lowest BCUT2D eigenvalue weighted by atomic mass is 9.89. The van der Waals surface area contributed by atoms with Crippen molar-refractivity contribution in [2.45, 2.75) is 20.8 Å². The summed E-state index contributed by atoms with van der Waals surface area (Å²) in [4.78, 5) is 15.5. The summed E-state index contributed by atoms with van der Waals surface area (Å²) in [6.07, 6.45) is 0. The van der Waals surface area contributed by atoms with Crippen molar-refractivity contribution in [3.8, 4) is 17.2 Å². The van der Waals surface area contributed by atoms with Gasteiger partial charge in [0.05, 0.1) is 32.5 Å². The molecular weight excluding hydrogens is 270 g/mol. The molecule has 5 nitrogen and oxygen atoms in total. The molecule has 114 valence electrons. The van der Waals surface area contributed by atoms with Crippen LogP contribution < -0.4 is 14.2 Å². The van der Waals surface area contributed by atoms with Crippen molar-refractivity contribution in [1.29, 1.82) is 0 Å². The molecular formula is C16H21NO4. The van der Waals surface area contributed by atoms with E-state index >= 15 is 0 Å². The molecule has 0 aliphatic rings. The number of fused-ring (bicyclic) bond motifs is 1. The van der Waals surface area contributed by atoms with Gasteiger partial charge in [0, 0.05) is 10.8 Å². The SMILES string of the molecule is COc1cc2cc(C(=O)C(C)(C)C)[nH]c2c(OC)c1OC. The standard InChI is InChI=1S/C16H21NO4/c1-16(2,3)15(18)10-7-9-8-11(19-4)13(20-5)14(21-6)12(9)17-10/h7-8,17H,1-6H3. The van der Waals surface area contributed by atoms with Gasteiger partial charge in [0.2, 0.25) is 5.75 Å². The zero-order valence-electron chi connectivity index (χ0n) is 13.3. The molecule has 0 bridgehead atoms. The molecule has 1 aromatic carbocycles. The first-order chi connectivity index (χ1) is 9.83. The minimum Gasteiger partial charge on any atom is -0.493 e. The molecule has 0 aliphatic heterocycles. The first kappa shape index (κ1) is 15.2. The number of ketones is 1. The number of carbonyl (C=O) groups is 1. The van der Waals surface area contributed by atoms with Gasteiger partial charge in [-0.2, -0.15) is 0 Å². The molecule has 0 radical (unpaired) electrons. The Hall–Kier alpha value is -2.17. The molecule has 0 saturated carbocycles. The summed E-state index contributed by atoms with van der Waals surface area (Å²) in [6.45, 7) is 5.66. The highest BCUT2D eigenvalue weighted by Gasteiger charge is 2.26. The van der Waals surface area contributed by atoms with Crippen molar-refractivity contribution in [1.82, 2.24) is 4.98 Å². The normalized spacial score (nSPS) is 11.5. The van der Waals surface area contributed by atoms with E-state index in [0.717, 1.165) is 10.9 Å². The number of ether oxygens (including phenoxy) is 3. The van der Waals surface area contributed by atoms with Crippen LogP contribution in [0.5, 0.6) is 17.2 Å². The van der Waals surface area contributed by atoms with Gasteiger partial charge in [-0.05, 0) is 12.1 Å². The molecule has 0 saturated heterocycles. The summed E-state index contributed by atoms with van der Waals surface area (Å²) in [6, 6.07) is 3.64. The Morgan fingerprint density at radius 1 is 1.00 bits per heavy atom. The minimum absolute atomic E-state index is 0.0405. The number of carbonyl (C=O) groups excluding carboxylic acids is 1. The molecule has 0 unspecified atom stereocenters. The topological polar surface area (TPSA) is 60.6 Å². The Balaban J connectivity index is 2.70. The quantitative estimate of drug-likeness (QED) is 0.877. The van der Waals surface area contributed by atoms with Crippen LogP contribution in [-0.4, -0.2) is 32.1 Å². The summed E-state index contributed by atoms with van der Waals surface area (Å²) >= 11 is 0. The molecule has 21 heavy (non-hydrogen) atoms. The smallest absolute Gasteiger partial charge is 0.205 e. The first-order valence-corrected chi connectivity index (χ1v) is 6.70. The third-order valence-electron chi connectivity index (χ3n) is 3.35. The van der Waals surface area contributed by atoms with E-state index in [1.165, 1.54) is 0 Å². The largest absolute Gasteiger partial charge is 0.493 e. The molecule has 0 amide bonds. The zero-order valence-corrected chi connectivity index (χ0v) is 13.3. The van der Waals surface area contributed by atoms with Crippen LogP contribution in [0.4, 0.5) is 0 Å². The highest BCUT2D eigenvalue weighted by molar-refractivity contribution is 6.04. The molecule has 2 aromatic rings. The zero-order chi connectivity index (χ0) is 15.8. The molecule has 1 N–H and O–H groups in total. The fraction of sp³-hybridized carbons (Fsp3) is 0.438. The van der Waals surface area contributed by atoms with Crippen LogP contribution in [0.2, 0.25) is 0 Å². The summed E-state index contributed by atoms with van der Waals surface area (Å²) < 4.78 is 16.1. The Morgan fingerprint density at radius 3 is 2.10 bits per heavy atom. The number of Topliss-reactive ketones (excluding diaryl/α,β-unsaturated/α-hetero) is 1. The van der Waals surface area contributed by atoms with E-state index in [4.69, 9.17) is 14.2 Å². The van der Waals surface area contributed by atoms with E-state index in [-0.39, 0.29) is 5.78 Å². The number of rotatable bonds is 4. The van der Waals surface area contributed by atoms with E-state index in [1.54, 1.807) is 21.3 Å². The lowest BCUT2D eigenvalue weighted by Gasteiger charge is -2.15. The highest BCUT2D eigenvalue weighted by Crippen LogP contribution is 2.43. The minimum atomic E-state index is -0.456. The van der Waals surface area contributed by atoms with Crippen molar-refractivity contribution in [3.63, 3.8) is 0 Å². The Morgan fingerprint density at radius 2 is 1.62 bits per heavy atom. The number of hydrogen-bond donors (Lipinski definition) is 1. The van der Waals surface area contributed by atoms with Crippen LogP contribution in [0, 0.1) is 5.41 Å². The van der Waals surface area contributed by atoms with E-state index in [1.807, 2.05) is 32.9 Å². The van der Waals surface area contributed by atoms with Crippen molar-refractivity contribution < 1.29 is 19.0 Å². The van der Waals surface area contributed by atoms with Gasteiger partial charge in [-0.3, -0.25) is 4.79 Å². The second-order valence-corrected chi connectivity index (χ2v) is 5.87. The summed E-state index contributed by atoms with van der Waals surface area (Å²) in [7, 11) is 4.68.